The second-order valence-electron chi connectivity index (χ2n) is 6.76. The minimum atomic E-state index is -0.421. The van der Waals surface area contributed by atoms with E-state index in [1.54, 1.807) is 29.9 Å². The lowest BCUT2D eigenvalue weighted by Crippen LogP contribution is -2.35. The van der Waals surface area contributed by atoms with Gasteiger partial charge >= 0.3 is 0 Å². The van der Waals surface area contributed by atoms with Crippen molar-refractivity contribution in [3.63, 3.8) is 0 Å². The summed E-state index contributed by atoms with van der Waals surface area (Å²) in [6.07, 6.45) is 5.10. The lowest BCUT2D eigenvalue weighted by molar-refractivity contribution is 0.336. The van der Waals surface area contributed by atoms with Gasteiger partial charge in [-0.3, -0.25) is 4.79 Å². The monoisotopic (exact) mass is 397 g/mol. The van der Waals surface area contributed by atoms with Gasteiger partial charge in [0, 0.05) is 37.4 Å². The molecular formula is C21H20FN3O2S. The van der Waals surface area contributed by atoms with Gasteiger partial charge in [-0.05, 0) is 30.5 Å². The zero-order valence-electron chi connectivity index (χ0n) is 15.3. The Hall–Kier alpha value is -2.93. The average molecular weight is 397 g/mol. The molecule has 0 aliphatic carbocycles. The van der Waals surface area contributed by atoms with Crippen molar-refractivity contribution >= 4 is 17.0 Å². The molecule has 1 aliphatic heterocycles. The third-order valence-corrected chi connectivity index (χ3v) is 5.80. The lowest BCUT2D eigenvalue weighted by Gasteiger charge is -2.34. The van der Waals surface area contributed by atoms with E-state index in [0.29, 0.717) is 28.5 Å². The summed E-state index contributed by atoms with van der Waals surface area (Å²) in [5, 5.41) is 13.0. The number of aryl methyl sites for hydroxylation is 1. The summed E-state index contributed by atoms with van der Waals surface area (Å²) in [6.45, 7) is 6.26. The molecule has 3 heterocycles. The number of aromatic hydroxyl groups is 1. The molecule has 0 atom stereocenters. The maximum atomic E-state index is 13.0. The second-order valence-corrected chi connectivity index (χ2v) is 7.66. The lowest BCUT2D eigenvalue weighted by atomic mass is 10.1. The van der Waals surface area contributed by atoms with Gasteiger partial charge in [-0.1, -0.05) is 18.7 Å². The van der Waals surface area contributed by atoms with Crippen molar-refractivity contribution in [3.8, 4) is 16.3 Å². The maximum absolute atomic E-state index is 13.0. The van der Waals surface area contributed by atoms with Crippen molar-refractivity contribution in [2.24, 2.45) is 0 Å². The zero-order chi connectivity index (χ0) is 19.7. The fourth-order valence-corrected chi connectivity index (χ4v) is 4.17. The highest BCUT2D eigenvalue weighted by Crippen LogP contribution is 2.31. The summed E-state index contributed by atoms with van der Waals surface area (Å²) in [7, 11) is 0. The smallest absolute Gasteiger partial charge is 0.234 e. The quantitative estimate of drug-likeness (QED) is 0.713. The minimum absolute atomic E-state index is 0.234. The van der Waals surface area contributed by atoms with E-state index in [1.165, 1.54) is 23.5 Å². The van der Waals surface area contributed by atoms with Gasteiger partial charge in [0.2, 0.25) is 5.43 Å². The third kappa shape index (κ3) is 3.45. The van der Waals surface area contributed by atoms with Crippen LogP contribution >= 0.6 is 11.3 Å². The standard InChI is InChI=1S/C21H20FN3O2S/c1-14-18-20(27)19(26)17(21-23-8-12-28-21)13-25(18)11-10-24(14)9-2-3-15-4-6-16(22)7-5-15/h4-8,12-13,27H,1-3,9-11H2. The molecule has 7 heteroatoms. The van der Waals surface area contributed by atoms with Crippen molar-refractivity contribution in [2.75, 3.05) is 13.1 Å². The number of thiazole rings is 1. The number of halogens is 1. The number of hydrogen-bond donors (Lipinski definition) is 1. The maximum Gasteiger partial charge on any atom is 0.234 e. The van der Waals surface area contributed by atoms with Gasteiger partial charge in [0.15, 0.2) is 5.75 Å². The summed E-state index contributed by atoms with van der Waals surface area (Å²) in [4.78, 5) is 18.9. The molecule has 0 radical (unpaired) electrons. The van der Waals surface area contributed by atoms with Gasteiger partial charge in [0.05, 0.1) is 11.3 Å². The number of hydrogen-bond acceptors (Lipinski definition) is 5. The number of benzene rings is 1. The molecule has 5 nitrogen and oxygen atoms in total. The topological polar surface area (TPSA) is 58.4 Å². The highest BCUT2D eigenvalue weighted by atomic mass is 32.1. The Morgan fingerprint density at radius 3 is 2.75 bits per heavy atom. The second kappa shape index (κ2) is 7.59. The summed E-state index contributed by atoms with van der Waals surface area (Å²) in [5.41, 5.74) is 2.19. The van der Waals surface area contributed by atoms with E-state index in [9.17, 15) is 14.3 Å². The Morgan fingerprint density at radius 2 is 2.04 bits per heavy atom. The molecule has 0 unspecified atom stereocenters. The van der Waals surface area contributed by atoms with Crippen LogP contribution in [0.5, 0.6) is 5.75 Å². The van der Waals surface area contributed by atoms with Gasteiger partial charge in [-0.15, -0.1) is 11.3 Å². The van der Waals surface area contributed by atoms with Crippen LogP contribution in [0.15, 0.2) is 53.4 Å². The molecule has 1 aromatic carbocycles. The van der Waals surface area contributed by atoms with Crippen LogP contribution < -0.4 is 5.43 Å². The van der Waals surface area contributed by atoms with Crippen LogP contribution in [0, 0.1) is 5.82 Å². The molecule has 0 saturated carbocycles. The minimum Gasteiger partial charge on any atom is -0.503 e. The Kier molecular flexibility index (Phi) is 5.00. The predicted octanol–water partition coefficient (Wildman–Crippen LogP) is 3.74. The first kappa shape index (κ1) is 18.4. The number of fused-ring (bicyclic) bond motifs is 1. The predicted molar refractivity (Wildman–Crippen MR) is 109 cm³/mol. The van der Waals surface area contributed by atoms with Crippen LogP contribution in [0.3, 0.4) is 0 Å². The molecule has 4 rings (SSSR count). The van der Waals surface area contributed by atoms with E-state index in [1.807, 2.05) is 4.57 Å². The Bertz CT molecular complexity index is 1060. The van der Waals surface area contributed by atoms with Gasteiger partial charge in [0.1, 0.15) is 16.5 Å². The van der Waals surface area contributed by atoms with Gasteiger partial charge in [-0.2, -0.15) is 0 Å². The van der Waals surface area contributed by atoms with Gasteiger partial charge < -0.3 is 14.6 Å². The molecular weight excluding hydrogens is 377 g/mol. The largest absolute Gasteiger partial charge is 0.503 e. The van der Waals surface area contributed by atoms with E-state index < -0.39 is 5.43 Å². The highest BCUT2D eigenvalue weighted by Gasteiger charge is 2.25. The molecule has 2 aromatic heterocycles. The van der Waals surface area contributed by atoms with Crippen LogP contribution in [-0.4, -0.2) is 32.6 Å². The molecule has 0 bridgehead atoms. The van der Waals surface area contributed by atoms with Crippen LogP contribution in [0.1, 0.15) is 17.7 Å². The number of pyridine rings is 1. The van der Waals surface area contributed by atoms with E-state index in [0.717, 1.165) is 31.5 Å². The summed E-state index contributed by atoms with van der Waals surface area (Å²) < 4.78 is 14.9. The molecule has 144 valence electrons. The van der Waals surface area contributed by atoms with Crippen molar-refractivity contribution in [1.82, 2.24) is 14.5 Å². The average Bonchev–Trinajstić information content (AvgIpc) is 3.22. The van der Waals surface area contributed by atoms with Gasteiger partial charge in [0.25, 0.3) is 0 Å². The van der Waals surface area contributed by atoms with E-state index in [2.05, 4.69) is 16.5 Å². The Morgan fingerprint density at radius 1 is 1.25 bits per heavy atom. The number of nitrogens with zero attached hydrogens (tertiary/aromatic N) is 3. The molecule has 3 aromatic rings. The Labute approximate surface area is 166 Å². The molecule has 28 heavy (non-hydrogen) atoms. The third-order valence-electron chi connectivity index (χ3n) is 4.99. The van der Waals surface area contributed by atoms with Crippen LogP contribution in [0.25, 0.3) is 16.3 Å². The summed E-state index contributed by atoms with van der Waals surface area (Å²) in [6, 6.07) is 6.52. The first-order chi connectivity index (χ1) is 13.5. The van der Waals surface area contributed by atoms with Crippen molar-refractivity contribution in [2.45, 2.75) is 19.4 Å². The van der Waals surface area contributed by atoms with Crippen LogP contribution in [0.2, 0.25) is 0 Å². The SMILES string of the molecule is C=C1c2c(O)c(=O)c(-c3nccs3)cn2CCN1CCCc1ccc(F)cc1. The van der Waals surface area contributed by atoms with Crippen molar-refractivity contribution in [1.29, 1.82) is 0 Å². The van der Waals surface area contributed by atoms with Crippen molar-refractivity contribution in [3.05, 3.63) is 75.9 Å². The van der Waals surface area contributed by atoms with E-state index in [-0.39, 0.29) is 11.6 Å². The Balaban J connectivity index is 1.51. The molecule has 0 spiro atoms. The summed E-state index contributed by atoms with van der Waals surface area (Å²) >= 11 is 1.37. The van der Waals surface area contributed by atoms with E-state index in [4.69, 9.17) is 0 Å². The fourth-order valence-electron chi connectivity index (χ4n) is 3.52. The first-order valence-electron chi connectivity index (χ1n) is 9.09. The normalized spacial score (nSPS) is 13.6. The molecule has 0 amide bonds. The molecule has 1 aliphatic rings. The molecule has 1 N–H and O–H groups in total. The van der Waals surface area contributed by atoms with Crippen molar-refractivity contribution < 1.29 is 9.50 Å². The fraction of sp³-hybridized carbons (Fsp3) is 0.238. The first-order valence-corrected chi connectivity index (χ1v) is 9.97. The van der Waals surface area contributed by atoms with Crippen LogP contribution in [-0.2, 0) is 13.0 Å². The number of aromatic nitrogens is 2. The zero-order valence-corrected chi connectivity index (χ0v) is 16.1. The summed E-state index contributed by atoms with van der Waals surface area (Å²) in [5.74, 6) is -0.510. The molecule has 0 fully saturated rings. The van der Waals surface area contributed by atoms with Crippen LogP contribution in [0.4, 0.5) is 4.39 Å². The highest BCUT2D eigenvalue weighted by molar-refractivity contribution is 7.13. The molecule has 0 saturated heterocycles. The van der Waals surface area contributed by atoms with Gasteiger partial charge in [-0.25, -0.2) is 9.37 Å². The van der Waals surface area contributed by atoms with E-state index >= 15 is 0 Å². The number of rotatable bonds is 5.